The molecule has 42 heavy (non-hydrogen) atoms. The minimum Gasteiger partial charge on any atom is -0.497 e. The molecular weight excluding hydrogens is 562 g/mol. The molecule has 1 aliphatic heterocycles. The minimum atomic E-state index is -0.793. The van der Waals surface area contributed by atoms with Crippen LogP contribution in [-0.4, -0.2) is 41.9 Å². The summed E-state index contributed by atoms with van der Waals surface area (Å²) in [5, 5.41) is 1.22. The lowest BCUT2D eigenvalue weighted by Gasteiger charge is -2.18. The number of nitrogens with zero attached hydrogens (tertiary/aromatic N) is 1. The molecule has 9 nitrogen and oxygen atoms in total. The van der Waals surface area contributed by atoms with E-state index >= 15 is 0 Å². The summed E-state index contributed by atoms with van der Waals surface area (Å²) in [7, 11) is 1.55. The van der Waals surface area contributed by atoms with Gasteiger partial charge in [0, 0.05) is 35.5 Å². The van der Waals surface area contributed by atoms with Gasteiger partial charge < -0.3 is 23.7 Å². The van der Waals surface area contributed by atoms with Crippen molar-refractivity contribution >= 4 is 40.3 Å². The molecule has 10 heteroatoms. The average Bonchev–Trinajstić information content (AvgIpc) is 3.46. The molecule has 0 N–H and O–H groups in total. The van der Waals surface area contributed by atoms with Gasteiger partial charge in [-0.15, -0.1) is 0 Å². The Balaban J connectivity index is 1.31. The number of hydrogen-bond acceptors (Lipinski definition) is 8. The van der Waals surface area contributed by atoms with Crippen LogP contribution in [0, 0.1) is 6.92 Å². The summed E-state index contributed by atoms with van der Waals surface area (Å²) < 4.78 is 28.6. The Hall–Kier alpha value is -4.76. The molecule has 0 fully saturated rings. The zero-order valence-corrected chi connectivity index (χ0v) is 24.2. The number of ether oxygens (including phenoxy) is 5. The van der Waals surface area contributed by atoms with Crippen molar-refractivity contribution in [3.8, 4) is 11.5 Å². The third kappa shape index (κ3) is 6.11. The van der Waals surface area contributed by atoms with Crippen molar-refractivity contribution in [2.75, 3.05) is 13.7 Å². The number of esters is 2. The van der Waals surface area contributed by atoms with E-state index in [1.165, 1.54) is 30.5 Å². The van der Waals surface area contributed by atoms with E-state index in [0.29, 0.717) is 44.3 Å². The molecule has 1 aromatic heterocycles. The summed E-state index contributed by atoms with van der Waals surface area (Å²) in [5.74, 6) is -0.908. The molecule has 5 rings (SSSR count). The number of aromatic nitrogens is 1. The van der Waals surface area contributed by atoms with Crippen molar-refractivity contribution in [3.63, 3.8) is 0 Å². The predicted molar refractivity (Wildman–Crippen MR) is 155 cm³/mol. The quantitative estimate of drug-likeness (QED) is 0.176. The molecule has 0 amide bonds. The van der Waals surface area contributed by atoms with Gasteiger partial charge in [0.2, 0.25) is 5.79 Å². The van der Waals surface area contributed by atoms with Gasteiger partial charge in [0.1, 0.15) is 17.8 Å². The van der Waals surface area contributed by atoms with Crippen molar-refractivity contribution in [2.45, 2.75) is 33.0 Å². The number of benzene rings is 3. The number of hydrogen-bond donors (Lipinski definition) is 0. The van der Waals surface area contributed by atoms with Crippen molar-refractivity contribution < 1.29 is 38.1 Å². The first-order chi connectivity index (χ1) is 20.0. The zero-order valence-electron chi connectivity index (χ0n) is 23.4. The molecule has 0 spiro atoms. The highest BCUT2D eigenvalue weighted by molar-refractivity contribution is 6.30. The summed E-state index contributed by atoms with van der Waals surface area (Å²) >= 11 is 6.00. The summed E-state index contributed by atoms with van der Waals surface area (Å²) in [4.78, 5) is 39.0. The highest BCUT2D eigenvalue weighted by Gasteiger charge is 2.28. The Labute approximate surface area is 247 Å². The number of methoxy groups -OCH3 is 1. The van der Waals surface area contributed by atoms with Crippen molar-refractivity contribution in [2.24, 2.45) is 0 Å². The third-order valence-corrected chi connectivity index (χ3v) is 6.93. The summed E-state index contributed by atoms with van der Waals surface area (Å²) in [5.41, 5.74) is 2.59. The van der Waals surface area contributed by atoms with E-state index in [4.69, 9.17) is 35.3 Å². The molecule has 0 saturated carbocycles. The van der Waals surface area contributed by atoms with E-state index in [9.17, 15) is 14.4 Å². The van der Waals surface area contributed by atoms with E-state index in [2.05, 4.69) is 0 Å². The lowest BCUT2D eigenvalue weighted by Crippen LogP contribution is -2.21. The summed E-state index contributed by atoms with van der Waals surface area (Å²) in [6.45, 7) is 5.20. The molecule has 0 aliphatic carbocycles. The van der Waals surface area contributed by atoms with Crippen LogP contribution in [0.1, 0.15) is 45.8 Å². The fourth-order valence-electron chi connectivity index (χ4n) is 4.62. The second-order valence-electron chi connectivity index (χ2n) is 10.0. The van der Waals surface area contributed by atoms with Gasteiger partial charge >= 0.3 is 11.9 Å². The van der Waals surface area contributed by atoms with Gasteiger partial charge in [-0.25, -0.2) is 4.79 Å². The largest absolute Gasteiger partial charge is 0.497 e. The standard InChI is InChI=1S/C32H28ClNO8/c1-19-26(27-15-24(38-4)13-14-28(27)34(19)30(36)20-5-9-22(33)10-6-20)16-29(35)41-23-11-7-21(8-12-23)31(37)39-17-25-18-40-32(2,3)42-25/h5-15,18H,16-17H2,1-4H3. The highest BCUT2D eigenvalue weighted by Crippen LogP contribution is 2.31. The average molecular weight is 590 g/mol. The smallest absolute Gasteiger partial charge is 0.338 e. The minimum absolute atomic E-state index is 0.0722. The van der Waals surface area contributed by atoms with Crippen LogP contribution in [0.5, 0.6) is 11.5 Å². The molecule has 216 valence electrons. The molecule has 3 aromatic carbocycles. The first kappa shape index (κ1) is 28.8. The molecule has 0 radical (unpaired) electrons. The normalized spacial score (nSPS) is 13.6. The van der Waals surface area contributed by atoms with Crippen molar-refractivity contribution in [3.05, 3.63) is 106 Å². The van der Waals surface area contributed by atoms with Crippen LogP contribution in [0.4, 0.5) is 0 Å². The maximum atomic E-state index is 13.5. The molecule has 4 aromatic rings. The lowest BCUT2D eigenvalue weighted by atomic mass is 10.1. The van der Waals surface area contributed by atoms with E-state index in [-0.39, 0.29) is 30.2 Å². The molecule has 0 saturated heterocycles. The van der Waals surface area contributed by atoms with E-state index in [1.807, 2.05) is 0 Å². The van der Waals surface area contributed by atoms with Crippen molar-refractivity contribution in [1.82, 2.24) is 4.57 Å². The van der Waals surface area contributed by atoms with Gasteiger partial charge in [-0.3, -0.25) is 14.2 Å². The van der Waals surface area contributed by atoms with Gasteiger partial charge in [0.15, 0.2) is 12.4 Å². The molecule has 2 heterocycles. The maximum Gasteiger partial charge on any atom is 0.338 e. The number of carbonyl (C=O) groups excluding carboxylic acids is 3. The van der Waals surface area contributed by atoms with Crippen LogP contribution >= 0.6 is 11.6 Å². The Morgan fingerprint density at radius 2 is 1.60 bits per heavy atom. The number of halogens is 1. The van der Waals surface area contributed by atoms with E-state index in [0.717, 1.165) is 0 Å². The Kier molecular flexibility index (Phi) is 7.95. The number of fused-ring (bicyclic) bond motifs is 1. The fraction of sp³-hybridized carbons (Fsp3) is 0.219. The molecule has 0 bridgehead atoms. The SMILES string of the molecule is COc1ccc2c(c1)c(CC(=O)Oc1ccc(C(=O)OCC3=COC(C)(C)O3)cc1)c(C)n2C(=O)c1ccc(Cl)cc1. The van der Waals surface area contributed by atoms with Gasteiger partial charge in [-0.1, -0.05) is 11.6 Å². The number of carbonyl (C=O) groups is 3. The molecule has 0 atom stereocenters. The summed E-state index contributed by atoms with van der Waals surface area (Å²) in [6.07, 6.45) is 1.31. The first-order valence-electron chi connectivity index (χ1n) is 13.1. The maximum absolute atomic E-state index is 13.5. The highest BCUT2D eigenvalue weighted by atomic mass is 35.5. The monoisotopic (exact) mass is 589 g/mol. The summed E-state index contributed by atoms with van der Waals surface area (Å²) in [6, 6.07) is 18.0. The van der Waals surface area contributed by atoms with Crippen LogP contribution in [0.3, 0.4) is 0 Å². The second-order valence-corrected chi connectivity index (χ2v) is 10.5. The number of rotatable bonds is 8. The lowest BCUT2D eigenvalue weighted by molar-refractivity contribution is -0.133. The van der Waals surface area contributed by atoms with Gasteiger partial charge in [0.05, 0.1) is 24.6 Å². The van der Waals surface area contributed by atoms with Gasteiger partial charge in [-0.2, -0.15) is 0 Å². The molecule has 0 unspecified atom stereocenters. The predicted octanol–water partition coefficient (Wildman–Crippen LogP) is 6.23. The Morgan fingerprint density at radius 3 is 2.24 bits per heavy atom. The molecular formula is C32H28ClNO8. The first-order valence-corrected chi connectivity index (χ1v) is 13.4. The zero-order chi connectivity index (χ0) is 30.0. The third-order valence-electron chi connectivity index (χ3n) is 6.68. The fourth-order valence-corrected chi connectivity index (χ4v) is 4.75. The topological polar surface area (TPSA) is 102 Å². The van der Waals surface area contributed by atoms with Crippen LogP contribution in [0.15, 0.2) is 78.8 Å². The Morgan fingerprint density at radius 1 is 0.929 bits per heavy atom. The van der Waals surface area contributed by atoms with Crippen LogP contribution in [0.25, 0.3) is 10.9 Å². The van der Waals surface area contributed by atoms with Gasteiger partial charge in [0.25, 0.3) is 5.91 Å². The second kappa shape index (κ2) is 11.6. The van der Waals surface area contributed by atoms with E-state index in [1.54, 1.807) is 74.9 Å². The van der Waals surface area contributed by atoms with Crippen LogP contribution in [-0.2, 0) is 25.4 Å². The van der Waals surface area contributed by atoms with Crippen LogP contribution in [0.2, 0.25) is 5.02 Å². The van der Waals surface area contributed by atoms with Crippen molar-refractivity contribution in [1.29, 1.82) is 0 Å². The molecule has 1 aliphatic rings. The van der Waals surface area contributed by atoms with Crippen LogP contribution < -0.4 is 9.47 Å². The Bertz CT molecular complexity index is 1700. The van der Waals surface area contributed by atoms with Gasteiger partial charge in [-0.05, 0) is 79.2 Å². The van der Waals surface area contributed by atoms with E-state index < -0.39 is 17.7 Å².